The highest BCUT2D eigenvalue weighted by Crippen LogP contribution is 2.32. The van der Waals surface area contributed by atoms with Crippen LogP contribution in [0.4, 0.5) is 0 Å². The Kier molecular flexibility index (Phi) is 4.48. The normalized spacial score (nSPS) is 21.2. The van der Waals surface area contributed by atoms with Gasteiger partial charge in [0.1, 0.15) is 0 Å². The lowest BCUT2D eigenvalue weighted by Crippen LogP contribution is -2.31. The van der Waals surface area contributed by atoms with Crippen LogP contribution in [0, 0.1) is 0 Å². The van der Waals surface area contributed by atoms with E-state index in [0.717, 1.165) is 50.4 Å². The van der Waals surface area contributed by atoms with Crippen molar-refractivity contribution in [3.8, 4) is 0 Å². The molecular weight excluding hydrogens is 316 g/mol. The summed E-state index contributed by atoms with van der Waals surface area (Å²) in [6, 6.07) is 0.0127. The second-order valence-corrected chi connectivity index (χ2v) is 6.98. The molecule has 2 saturated heterocycles. The van der Waals surface area contributed by atoms with Gasteiger partial charge in [-0.05, 0) is 38.8 Å². The number of aromatic nitrogens is 4. The van der Waals surface area contributed by atoms with Crippen molar-refractivity contribution in [2.45, 2.75) is 38.3 Å². The molecule has 0 aromatic carbocycles. The average Bonchev–Trinajstić information content (AvgIpc) is 3.36. The molecule has 0 radical (unpaired) electrons. The number of amides is 1. The summed E-state index contributed by atoms with van der Waals surface area (Å²) in [4.78, 5) is 26.4. The molecule has 7 nitrogen and oxygen atoms in total. The van der Waals surface area contributed by atoms with Gasteiger partial charge in [0.05, 0.1) is 35.4 Å². The van der Waals surface area contributed by atoms with E-state index in [4.69, 9.17) is 4.98 Å². The van der Waals surface area contributed by atoms with Gasteiger partial charge in [-0.2, -0.15) is 5.10 Å². The minimum atomic E-state index is 0.0127. The Balaban J connectivity index is 1.52. The number of nitrogens with zero attached hydrogens (tertiary/aromatic N) is 6. The first-order valence-corrected chi connectivity index (χ1v) is 9.03. The lowest BCUT2D eigenvalue weighted by Gasteiger charge is -2.24. The van der Waals surface area contributed by atoms with E-state index in [0.29, 0.717) is 5.56 Å². The highest BCUT2D eigenvalue weighted by atomic mass is 16.2. The van der Waals surface area contributed by atoms with Crippen molar-refractivity contribution >= 4 is 5.91 Å². The molecular formula is C18H24N6O. The van der Waals surface area contributed by atoms with Gasteiger partial charge in [0.15, 0.2) is 0 Å². The molecule has 4 heterocycles. The second-order valence-electron chi connectivity index (χ2n) is 6.98. The maximum absolute atomic E-state index is 12.8. The SMILES string of the molecule is Cn1cc(C(=O)N2CCCC2c2cncc(CN3CCCC3)n2)cn1. The first-order valence-electron chi connectivity index (χ1n) is 9.03. The number of aryl methyl sites for hydroxylation is 1. The van der Waals surface area contributed by atoms with E-state index in [1.807, 2.05) is 24.3 Å². The van der Waals surface area contributed by atoms with Crippen LogP contribution in [0.5, 0.6) is 0 Å². The van der Waals surface area contributed by atoms with Crippen LogP contribution in [0.25, 0.3) is 0 Å². The fourth-order valence-electron chi connectivity index (χ4n) is 3.84. The topological polar surface area (TPSA) is 67.2 Å². The van der Waals surface area contributed by atoms with E-state index in [1.54, 1.807) is 17.1 Å². The quantitative estimate of drug-likeness (QED) is 0.849. The molecule has 4 rings (SSSR count). The van der Waals surface area contributed by atoms with E-state index in [1.165, 1.54) is 12.8 Å². The van der Waals surface area contributed by atoms with Gasteiger partial charge in [-0.25, -0.2) is 0 Å². The molecule has 2 aromatic heterocycles. The Labute approximate surface area is 147 Å². The van der Waals surface area contributed by atoms with Crippen molar-refractivity contribution in [1.29, 1.82) is 0 Å². The van der Waals surface area contributed by atoms with Gasteiger partial charge in [0.25, 0.3) is 5.91 Å². The number of hydrogen-bond acceptors (Lipinski definition) is 5. The first-order chi connectivity index (χ1) is 12.2. The van der Waals surface area contributed by atoms with Gasteiger partial charge in [0.2, 0.25) is 0 Å². The van der Waals surface area contributed by atoms with Crippen molar-refractivity contribution in [3.63, 3.8) is 0 Å². The van der Waals surface area contributed by atoms with Gasteiger partial charge in [-0.15, -0.1) is 0 Å². The van der Waals surface area contributed by atoms with Crippen molar-refractivity contribution < 1.29 is 4.79 Å². The zero-order valence-electron chi connectivity index (χ0n) is 14.6. The lowest BCUT2D eigenvalue weighted by atomic mass is 10.1. The highest BCUT2D eigenvalue weighted by Gasteiger charge is 2.32. The third-order valence-electron chi connectivity index (χ3n) is 5.09. The van der Waals surface area contributed by atoms with Crippen LogP contribution in [0.2, 0.25) is 0 Å². The summed E-state index contributed by atoms with van der Waals surface area (Å²) in [5.41, 5.74) is 2.54. The predicted octanol–water partition coefficient (Wildman–Crippen LogP) is 1.78. The van der Waals surface area contributed by atoms with E-state index in [-0.39, 0.29) is 11.9 Å². The Morgan fingerprint density at radius 3 is 2.76 bits per heavy atom. The number of likely N-dealkylation sites (tertiary alicyclic amines) is 2. The molecule has 0 bridgehead atoms. The second kappa shape index (κ2) is 6.92. The third kappa shape index (κ3) is 3.42. The summed E-state index contributed by atoms with van der Waals surface area (Å²) in [5, 5.41) is 4.11. The molecule has 2 fully saturated rings. The fourth-order valence-corrected chi connectivity index (χ4v) is 3.84. The maximum atomic E-state index is 12.8. The monoisotopic (exact) mass is 340 g/mol. The van der Waals surface area contributed by atoms with Crippen LogP contribution >= 0.6 is 0 Å². The molecule has 1 atom stereocenters. The predicted molar refractivity (Wildman–Crippen MR) is 92.8 cm³/mol. The summed E-state index contributed by atoms with van der Waals surface area (Å²) in [6.07, 6.45) is 11.5. The smallest absolute Gasteiger partial charge is 0.257 e. The van der Waals surface area contributed by atoms with Crippen molar-refractivity contribution in [3.05, 3.63) is 41.7 Å². The molecule has 0 N–H and O–H groups in total. The summed E-state index contributed by atoms with van der Waals surface area (Å²) in [5.74, 6) is 0.0299. The van der Waals surface area contributed by atoms with E-state index in [2.05, 4.69) is 15.0 Å². The average molecular weight is 340 g/mol. The summed E-state index contributed by atoms with van der Waals surface area (Å²) < 4.78 is 1.66. The van der Waals surface area contributed by atoms with Crippen LogP contribution in [-0.4, -0.2) is 55.1 Å². The third-order valence-corrected chi connectivity index (χ3v) is 5.09. The van der Waals surface area contributed by atoms with Gasteiger partial charge in [-0.3, -0.25) is 24.3 Å². The molecule has 2 aliphatic heterocycles. The van der Waals surface area contributed by atoms with Crippen LogP contribution in [0.15, 0.2) is 24.8 Å². The fraction of sp³-hybridized carbons (Fsp3) is 0.556. The minimum Gasteiger partial charge on any atom is -0.330 e. The lowest BCUT2D eigenvalue weighted by molar-refractivity contribution is 0.0732. The zero-order valence-corrected chi connectivity index (χ0v) is 14.6. The highest BCUT2D eigenvalue weighted by molar-refractivity contribution is 5.94. The molecule has 25 heavy (non-hydrogen) atoms. The minimum absolute atomic E-state index is 0.0127. The van der Waals surface area contributed by atoms with Gasteiger partial charge < -0.3 is 4.90 Å². The Morgan fingerprint density at radius 1 is 1.16 bits per heavy atom. The Morgan fingerprint density at radius 2 is 2.00 bits per heavy atom. The molecule has 132 valence electrons. The van der Waals surface area contributed by atoms with Crippen molar-refractivity contribution in [1.82, 2.24) is 29.5 Å². The largest absolute Gasteiger partial charge is 0.330 e. The number of hydrogen-bond donors (Lipinski definition) is 0. The molecule has 2 aromatic rings. The van der Waals surface area contributed by atoms with Crippen LogP contribution in [-0.2, 0) is 13.6 Å². The van der Waals surface area contributed by atoms with Crippen LogP contribution in [0.3, 0.4) is 0 Å². The summed E-state index contributed by atoms with van der Waals surface area (Å²) in [7, 11) is 1.82. The maximum Gasteiger partial charge on any atom is 0.257 e. The molecule has 0 spiro atoms. The Hall–Kier alpha value is -2.28. The van der Waals surface area contributed by atoms with E-state index < -0.39 is 0 Å². The molecule has 0 aliphatic carbocycles. The Bertz CT molecular complexity index is 752. The summed E-state index contributed by atoms with van der Waals surface area (Å²) in [6.45, 7) is 3.89. The first kappa shape index (κ1) is 16.2. The zero-order chi connectivity index (χ0) is 17.2. The standard InChI is InChI=1S/C18H24N6O/c1-22-12-14(9-20-22)18(25)24-8-4-5-17(24)16-11-19-10-15(21-16)13-23-6-2-3-7-23/h9-12,17H,2-8,13H2,1H3. The number of carbonyl (C=O) groups excluding carboxylic acids is 1. The molecule has 0 saturated carbocycles. The van der Waals surface area contributed by atoms with E-state index in [9.17, 15) is 4.79 Å². The molecule has 1 unspecified atom stereocenters. The van der Waals surface area contributed by atoms with Crippen LogP contribution < -0.4 is 0 Å². The van der Waals surface area contributed by atoms with E-state index >= 15 is 0 Å². The van der Waals surface area contributed by atoms with Gasteiger partial charge in [-0.1, -0.05) is 0 Å². The van der Waals surface area contributed by atoms with Crippen molar-refractivity contribution in [2.75, 3.05) is 19.6 Å². The number of rotatable bonds is 4. The van der Waals surface area contributed by atoms with Crippen molar-refractivity contribution in [2.24, 2.45) is 7.05 Å². The molecule has 2 aliphatic rings. The van der Waals surface area contributed by atoms with Gasteiger partial charge >= 0.3 is 0 Å². The van der Waals surface area contributed by atoms with Crippen LogP contribution in [0.1, 0.15) is 53.5 Å². The molecule has 1 amide bonds. The molecule has 7 heteroatoms. The number of carbonyl (C=O) groups is 1. The summed E-state index contributed by atoms with van der Waals surface area (Å²) >= 11 is 0. The van der Waals surface area contributed by atoms with Gasteiger partial charge in [0, 0.05) is 32.5 Å².